The van der Waals surface area contributed by atoms with Crippen molar-refractivity contribution in [2.75, 3.05) is 29.9 Å². The van der Waals surface area contributed by atoms with Gasteiger partial charge in [-0.1, -0.05) is 6.07 Å². The number of pyridine rings is 1. The molecule has 0 aromatic carbocycles. The van der Waals surface area contributed by atoms with Crippen LogP contribution in [-0.2, 0) is 0 Å². The number of rotatable bonds is 3. The molecule has 1 saturated heterocycles. The van der Waals surface area contributed by atoms with Crippen LogP contribution in [-0.4, -0.2) is 55.4 Å². The molecule has 5 heterocycles. The fraction of sp³-hybridized carbons (Fsp3) is 0.235. The summed E-state index contributed by atoms with van der Waals surface area (Å²) in [6.07, 6.45) is 3.32. The molecule has 9 heteroatoms. The van der Waals surface area contributed by atoms with E-state index < -0.39 is 0 Å². The maximum Gasteiger partial charge on any atom is 0.259 e. The summed E-state index contributed by atoms with van der Waals surface area (Å²) in [5, 5.41) is 12.3. The van der Waals surface area contributed by atoms with Crippen molar-refractivity contribution in [3.8, 4) is 0 Å². The Balaban J connectivity index is 1.36. The zero-order valence-electron chi connectivity index (χ0n) is 14.1. The molecule has 0 atom stereocenters. The van der Waals surface area contributed by atoms with Crippen LogP contribution in [0.3, 0.4) is 0 Å². The Morgan fingerprint density at radius 3 is 2.92 bits per heavy atom. The smallest absolute Gasteiger partial charge is 0.259 e. The lowest BCUT2D eigenvalue weighted by Gasteiger charge is -2.44. The van der Waals surface area contributed by atoms with Gasteiger partial charge in [0.15, 0.2) is 5.65 Å². The van der Waals surface area contributed by atoms with Crippen LogP contribution >= 0.6 is 0 Å². The third-order valence-corrected chi connectivity index (χ3v) is 4.80. The summed E-state index contributed by atoms with van der Waals surface area (Å²) in [5.74, 6) is 1.57. The van der Waals surface area contributed by atoms with Gasteiger partial charge < -0.3 is 9.80 Å². The highest BCUT2D eigenvalue weighted by Crippen LogP contribution is 2.23. The molecular formula is C17H16N8O. The molecule has 4 aromatic heterocycles. The lowest BCUT2D eigenvalue weighted by molar-refractivity contribution is 0.487. The molecule has 0 unspecified atom stereocenters. The van der Waals surface area contributed by atoms with Gasteiger partial charge in [0, 0.05) is 32.4 Å². The van der Waals surface area contributed by atoms with E-state index in [1.165, 1.54) is 0 Å². The molecule has 26 heavy (non-hydrogen) atoms. The van der Waals surface area contributed by atoms with E-state index in [0.29, 0.717) is 11.5 Å². The van der Waals surface area contributed by atoms with E-state index in [1.807, 2.05) is 37.4 Å². The first kappa shape index (κ1) is 14.8. The van der Waals surface area contributed by atoms with E-state index in [2.05, 4.69) is 30.1 Å². The molecule has 0 amide bonds. The average Bonchev–Trinajstić information content (AvgIpc) is 3.08. The first-order valence-electron chi connectivity index (χ1n) is 8.32. The lowest BCUT2D eigenvalue weighted by Crippen LogP contribution is -2.59. The van der Waals surface area contributed by atoms with Crippen molar-refractivity contribution in [3.05, 3.63) is 59.3 Å². The van der Waals surface area contributed by atoms with Gasteiger partial charge in [0.05, 0.1) is 6.04 Å². The standard InChI is InChI=1S/C17H16N8O/c1-22(16-8-17(26)24-7-3-2-4-13(24)19-16)12-9-23(10-12)15-6-5-14-20-18-11-25(14)21-15/h2-8,11-12H,9-10H2,1H3. The quantitative estimate of drug-likeness (QED) is 0.532. The van der Waals surface area contributed by atoms with E-state index in [1.54, 1.807) is 27.5 Å². The van der Waals surface area contributed by atoms with E-state index in [4.69, 9.17) is 0 Å². The van der Waals surface area contributed by atoms with Crippen molar-refractivity contribution in [2.45, 2.75) is 6.04 Å². The number of hydrogen-bond acceptors (Lipinski definition) is 7. The molecule has 130 valence electrons. The van der Waals surface area contributed by atoms with Crippen molar-refractivity contribution < 1.29 is 0 Å². The minimum atomic E-state index is -0.0756. The molecule has 5 rings (SSSR count). The van der Waals surface area contributed by atoms with Crippen LogP contribution in [0.5, 0.6) is 0 Å². The summed E-state index contributed by atoms with van der Waals surface area (Å²) < 4.78 is 3.21. The highest BCUT2D eigenvalue weighted by atomic mass is 16.1. The second kappa shape index (κ2) is 5.51. The Morgan fingerprint density at radius 2 is 2.04 bits per heavy atom. The Hall–Kier alpha value is -3.49. The minimum Gasteiger partial charge on any atom is -0.353 e. The largest absolute Gasteiger partial charge is 0.353 e. The van der Waals surface area contributed by atoms with E-state index >= 15 is 0 Å². The molecule has 1 aliphatic heterocycles. The molecule has 1 aliphatic rings. The van der Waals surface area contributed by atoms with Gasteiger partial charge in [-0.15, -0.1) is 15.3 Å². The fourth-order valence-corrected chi connectivity index (χ4v) is 3.18. The minimum absolute atomic E-state index is 0.0756. The highest BCUT2D eigenvalue weighted by Gasteiger charge is 2.32. The summed E-state index contributed by atoms with van der Waals surface area (Å²) >= 11 is 0. The van der Waals surface area contributed by atoms with Gasteiger partial charge in [-0.25, -0.2) is 4.98 Å². The molecule has 0 bridgehead atoms. The number of fused-ring (bicyclic) bond motifs is 2. The second-order valence-electron chi connectivity index (χ2n) is 6.38. The van der Waals surface area contributed by atoms with Crippen molar-refractivity contribution in [1.82, 2.24) is 29.2 Å². The van der Waals surface area contributed by atoms with Gasteiger partial charge in [-0.2, -0.15) is 4.52 Å². The molecule has 1 fully saturated rings. The summed E-state index contributed by atoms with van der Waals surface area (Å²) in [5.41, 5.74) is 1.30. The normalized spacial score (nSPS) is 14.7. The van der Waals surface area contributed by atoms with Gasteiger partial charge in [-0.3, -0.25) is 9.20 Å². The maximum absolute atomic E-state index is 12.3. The van der Waals surface area contributed by atoms with Gasteiger partial charge in [0.2, 0.25) is 0 Å². The van der Waals surface area contributed by atoms with Gasteiger partial charge in [-0.05, 0) is 24.3 Å². The SMILES string of the molecule is CN(c1cc(=O)n2ccccc2n1)C1CN(c2ccc3nncn3n2)C1. The molecule has 0 N–H and O–H groups in total. The van der Waals surface area contributed by atoms with Crippen LogP contribution in [0, 0.1) is 0 Å². The molecule has 9 nitrogen and oxygen atoms in total. The first-order chi connectivity index (χ1) is 12.7. The van der Waals surface area contributed by atoms with Crippen LogP contribution in [0.15, 0.2) is 53.7 Å². The molecule has 0 saturated carbocycles. The molecule has 0 aliphatic carbocycles. The van der Waals surface area contributed by atoms with Gasteiger partial charge >= 0.3 is 0 Å². The third-order valence-electron chi connectivity index (χ3n) is 4.80. The predicted molar refractivity (Wildman–Crippen MR) is 96.6 cm³/mol. The van der Waals surface area contributed by atoms with Crippen LogP contribution in [0.25, 0.3) is 11.3 Å². The average molecular weight is 348 g/mol. The van der Waals surface area contributed by atoms with Gasteiger partial charge in [0.25, 0.3) is 5.56 Å². The van der Waals surface area contributed by atoms with Crippen LogP contribution in [0.2, 0.25) is 0 Å². The maximum atomic E-state index is 12.3. The van der Waals surface area contributed by atoms with Crippen molar-refractivity contribution in [2.24, 2.45) is 0 Å². The highest BCUT2D eigenvalue weighted by molar-refractivity contribution is 5.52. The van der Waals surface area contributed by atoms with Gasteiger partial charge in [0.1, 0.15) is 23.6 Å². The Kier molecular flexibility index (Phi) is 3.14. The lowest BCUT2D eigenvalue weighted by atomic mass is 10.1. The van der Waals surface area contributed by atoms with E-state index in [9.17, 15) is 4.79 Å². The fourth-order valence-electron chi connectivity index (χ4n) is 3.18. The topological polar surface area (TPSA) is 83.9 Å². The molecular weight excluding hydrogens is 332 g/mol. The number of anilines is 2. The van der Waals surface area contributed by atoms with E-state index in [-0.39, 0.29) is 11.6 Å². The number of likely N-dealkylation sites (N-methyl/N-ethyl adjacent to an activating group) is 1. The summed E-state index contributed by atoms with van der Waals surface area (Å²) in [7, 11) is 1.97. The molecule has 0 spiro atoms. The Bertz CT molecular complexity index is 1160. The summed E-state index contributed by atoms with van der Waals surface area (Å²) in [4.78, 5) is 21.1. The number of aromatic nitrogens is 6. The Labute approximate surface area is 148 Å². The summed E-state index contributed by atoms with van der Waals surface area (Å²) in [6.45, 7) is 1.62. The molecule has 4 aromatic rings. The number of hydrogen-bond donors (Lipinski definition) is 0. The van der Waals surface area contributed by atoms with Crippen LogP contribution < -0.4 is 15.4 Å². The summed E-state index contributed by atoms with van der Waals surface area (Å²) in [6, 6.07) is 11.2. The predicted octanol–water partition coefficient (Wildman–Crippen LogP) is 0.457. The van der Waals surface area contributed by atoms with Crippen LogP contribution in [0.4, 0.5) is 11.6 Å². The number of nitrogens with zero attached hydrogens (tertiary/aromatic N) is 8. The van der Waals surface area contributed by atoms with E-state index in [0.717, 1.165) is 24.6 Å². The zero-order valence-corrected chi connectivity index (χ0v) is 14.1. The van der Waals surface area contributed by atoms with Crippen LogP contribution in [0.1, 0.15) is 0 Å². The third kappa shape index (κ3) is 2.28. The van der Waals surface area contributed by atoms with Crippen molar-refractivity contribution >= 4 is 22.9 Å². The van der Waals surface area contributed by atoms with Crippen molar-refractivity contribution in [1.29, 1.82) is 0 Å². The zero-order chi connectivity index (χ0) is 17.7. The monoisotopic (exact) mass is 348 g/mol. The van der Waals surface area contributed by atoms with Crippen molar-refractivity contribution in [3.63, 3.8) is 0 Å². The first-order valence-corrected chi connectivity index (χ1v) is 8.32. The Morgan fingerprint density at radius 1 is 1.15 bits per heavy atom. The second-order valence-corrected chi connectivity index (χ2v) is 6.38. The molecule has 0 radical (unpaired) electrons.